The fourth-order valence-corrected chi connectivity index (χ4v) is 2.55. The molecular weight excluding hydrogens is 256 g/mol. The third-order valence-electron chi connectivity index (χ3n) is 3.58. The van der Waals surface area contributed by atoms with E-state index < -0.39 is 11.9 Å². The fourth-order valence-electron chi connectivity index (χ4n) is 2.55. The van der Waals surface area contributed by atoms with Crippen molar-refractivity contribution in [1.29, 1.82) is 0 Å². The van der Waals surface area contributed by atoms with Gasteiger partial charge in [-0.1, -0.05) is 30.3 Å². The molecule has 2 atom stereocenters. The number of aromatic nitrogens is 2. The van der Waals surface area contributed by atoms with Gasteiger partial charge in [-0.3, -0.25) is 9.48 Å². The van der Waals surface area contributed by atoms with Crippen LogP contribution in [0.3, 0.4) is 0 Å². The predicted octanol–water partition coefficient (Wildman–Crippen LogP) is 2.09. The lowest BCUT2D eigenvalue weighted by Gasteiger charge is -2.12. The zero-order chi connectivity index (χ0) is 13.9. The van der Waals surface area contributed by atoms with Crippen molar-refractivity contribution in [3.63, 3.8) is 0 Å². The number of hydrogen-bond acceptors (Lipinski definition) is 3. The Morgan fingerprint density at radius 1 is 1.40 bits per heavy atom. The van der Waals surface area contributed by atoms with E-state index in [2.05, 4.69) is 5.10 Å². The number of carboxylic acids is 1. The topological polar surface area (TPSA) is 64.3 Å². The van der Waals surface area contributed by atoms with Gasteiger partial charge in [-0.2, -0.15) is 5.10 Å². The number of nitrogens with zero attached hydrogens (tertiary/aromatic N) is 2. The van der Waals surface area contributed by atoms with Crippen molar-refractivity contribution < 1.29 is 14.6 Å². The van der Waals surface area contributed by atoms with Crippen LogP contribution in [0.5, 0.6) is 0 Å². The van der Waals surface area contributed by atoms with Gasteiger partial charge in [-0.25, -0.2) is 0 Å². The fraction of sp³-hybridized carbons (Fsp3) is 0.333. The first-order chi connectivity index (χ1) is 9.74. The standard InChI is InChI=1S/C15H16N2O3/c18-15(19)13-6-7-20-14(13)12-8-16-17(10-12)9-11-4-2-1-3-5-11/h1-5,8,10,13-14H,6-7,9H2,(H,18,19)/t13-,14-/m1/s1. The Bertz CT molecular complexity index is 594. The van der Waals surface area contributed by atoms with Crippen molar-refractivity contribution in [3.05, 3.63) is 53.9 Å². The molecule has 1 fully saturated rings. The summed E-state index contributed by atoms with van der Waals surface area (Å²) in [4.78, 5) is 11.2. The van der Waals surface area contributed by atoms with Gasteiger partial charge in [0.1, 0.15) is 0 Å². The summed E-state index contributed by atoms with van der Waals surface area (Å²) < 4.78 is 7.35. The number of aliphatic carboxylic acids is 1. The van der Waals surface area contributed by atoms with Gasteiger partial charge in [0.05, 0.1) is 24.8 Å². The molecule has 1 aliphatic rings. The molecule has 104 valence electrons. The molecular formula is C15H16N2O3. The van der Waals surface area contributed by atoms with E-state index >= 15 is 0 Å². The van der Waals surface area contributed by atoms with Crippen LogP contribution in [0.4, 0.5) is 0 Å². The summed E-state index contributed by atoms with van der Waals surface area (Å²) in [6.07, 6.45) is 3.76. The lowest BCUT2D eigenvalue weighted by molar-refractivity contribution is -0.143. The monoisotopic (exact) mass is 272 g/mol. The van der Waals surface area contributed by atoms with Crippen molar-refractivity contribution in [1.82, 2.24) is 9.78 Å². The molecule has 0 aliphatic carbocycles. The molecule has 0 saturated carbocycles. The second-order valence-electron chi connectivity index (χ2n) is 4.98. The molecule has 3 rings (SSSR count). The Kier molecular flexibility index (Phi) is 3.52. The highest BCUT2D eigenvalue weighted by molar-refractivity contribution is 5.71. The molecule has 1 N–H and O–H groups in total. The summed E-state index contributed by atoms with van der Waals surface area (Å²) in [6, 6.07) is 10.0. The van der Waals surface area contributed by atoms with E-state index in [0.29, 0.717) is 19.6 Å². The van der Waals surface area contributed by atoms with E-state index in [-0.39, 0.29) is 6.10 Å². The second kappa shape index (κ2) is 5.46. The number of benzene rings is 1. The van der Waals surface area contributed by atoms with Crippen molar-refractivity contribution in [2.75, 3.05) is 6.61 Å². The van der Waals surface area contributed by atoms with Crippen LogP contribution < -0.4 is 0 Å². The molecule has 2 aromatic rings. The first-order valence-corrected chi connectivity index (χ1v) is 6.65. The van der Waals surface area contributed by atoms with Crippen LogP contribution >= 0.6 is 0 Å². The zero-order valence-electron chi connectivity index (χ0n) is 11.0. The third-order valence-corrected chi connectivity index (χ3v) is 3.58. The molecule has 0 amide bonds. The average molecular weight is 272 g/mol. The molecule has 0 radical (unpaired) electrons. The normalized spacial score (nSPS) is 22.0. The van der Waals surface area contributed by atoms with Gasteiger partial charge in [0.15, 0.2) is 0 Å². The third kappa shape index (κ3) is 2.58. The maximum absolute atomic E-state index is 11.2. The van der Waals surface area contributed by atoms with Crippen LogP contribution in [0.2, 0.25) is 0 Å². The summed E-state index contributed by atoms with van der Waals surface area (Å²) in [6.45, 7) is 1.16. The molecule has 1 aliphatic heterocycles. The SMILES string of the molecule is O=C(O)[C@@H]1CCO[C@@H]1c1cnn(Cc2ccccc2)c1. The highest BCUT2D eigenvalue weighted by Crippen LogP contribution is 2.34. The number of carboxylic acid groups (broad SMARTS) is 1. The Morgan fingerprint density at radius 2 is 2.20 bits per heavy atom. The predicted molar refractivity (Wildman–Crippen MR) is 72.2 cm³/mol. The molecule has 1 saturated heterocycles. The van der Waals surface area contributed by atoms with Crippen LogP contribution in [-0.4, -0.2) is 27.5 Å². The first-order valence-electron chi connectivity index (χ1n) is 6.65. The summed E-state index contributed by atoms with van der Waals surface area (Å²) in [5.41, 5.74) is 2.00. The maximum Gasteiger partial charge on any atom is 0.309 e. The molecule has 0 bridgehead atoms. The molecule has 0 spiro atoms. The van der Waals surface area contributed by atoms with E-state index in [4.69, 9.17) is 4.74 Å². The van der Waals surface area contributed by atoms with E-state index in [0.717, 1.165) is 11.1 Å². The Hall–Kier alpha value is -2.14. The van der Waals surface area contributed by atoms with Gasteiger partial charge in [0.25, 0.3) is 0 Å². The number of ether oxygens (including phenoxy) is 1. The van der Waals surface area contributed by atoms with E-state index in [9.17, 15) is 9.90 Å². The first kappa shape index (κ1) is 12.9. The van der Waals surface area contributed by atoms with Crippen LogP contribution in [0.25, 0.3) is 0 Å². The zero-order valence-corrected chi connectivity index (χ0v) is 11.0. The average Bonchev–Trinajstić information content (AvgIpc) is 3.07. The van der Waals surface area contributed by atoms with E-state index in [1.807, 2.05) is 41.2 Å². The lowest BCUT2D eigenvalue weighted by atomic mass is 9.98. The number of rotatable bonds is 4. The van der Waals surface area contributed by atoms with Crippen LogP contribution in [-0.2, 0) is 16.1 Å². The lowest BCUT2D eigenvalue weighted by Crippen LogP contribution is -2.17. The molecule has 0 unspecified atom stereocenters. The highest BCUT2D eigenvalue weighted by Gasteiger charge is 2.35. The summed E-state index contributed by atoms with van der Waals surface area (Å²) in [5.74, 6) is -1.27. The van der Waals surface area contributed by atoms with Crippen molar-refractivity contribution in [2.45, 2.75) is 19.1 Å². The molecule has 20 heavy (non-hydrogen) atoms. The highest BCUT2D eigenvalue weighted by atomic mass is 16.5. The summed E-state index contributed by atoms with van der Waals surface area (Å²) in [7, 11) is 0. The molecule has 5 nitrogen and oxygen atoms in total. The minimum atomic E-state index is -0.802. The van der Waals surface area contributed by atoms with Gasteiger partial charge >= 0.3 is 5.97 Å². The van der Waals surface area contributed by atoms with Crippen molar-refractivity contribution in [3.8, 4) is 0 Å². The van der Waals surface area contributed by atoms with Gasteiger partial charge in [-0.15, -0.1) is 0 Å². The number of hydrogen-bond donors (Lipinski definition) is 1. The maximum atomic E-state index is 11.2. The van der Waals surface area contributed by atoms with E-state index in [1.165, 1.54) is 0 Å². The van der Waals surface area contributed by atoms with Crippen LogP contribution in [0.15, 0.2) is 42.7 Å². The minimum absolute atomic E-state index is 0.378. The van der Waals surface area contributed by atoms with Crippen molar-refractivity contribution in [2.24, 2.45) is 5.92 Å². The van der Waals surface area contributed by atoms with Crippen molar-refractivity contribution >= 4 is 5.97 Å². The van der Waals surface area contributed by atoms with Gasteiger partial charge in [0.2, 0.25) is 0 Å². The van der Waals surface area contributed by atoms with E-state index in [1.54, 1.807) is 6.20 Å². The molecule has 1 aromatic carbocycles. The van der Waals surface area contributed by atoms with Crippen LogP contribution in [0, 0.1) is 5.92 Å². The summed E-state index contributed by atoms with van der Waals surface area (Å²) in [5, 5.41) is 13.5. The Morgan fingerprint density at radius 3 is 2.95 bits per heavy atom. The van der Waals surface area contributed by atoms with Gasteiger partial charge < -0.3 is 9.84 Å². The van der Waals surface area contributed by atoms with Gasteiger partial charge in [0, 0.05) is 18.4 Å². The second-order valence-corrected chi connectivity index (χ2v) is 4.98. The van der Waals surface area contributed by atoms with Gasteiger partial charge in [-0.05, 0) is 12.0 Å². The minimum Gasteiger partial charge on any atom is -0.481 e. The largest absolute Gasteiger partial charge is 0.481 e. The number of carbonyl (C=O) groups is 1. The molecule has 2 heterocycles. The molecule has 1 aromatic heterocycles. The smallest absolute Gasteiger partial charge is 0.309 e. The Balaban J connectivity index is 1.75. The van der Waals surface area contributed by atoms with Crippen LogP contribution in [0.1, 0.15) is 23.7 Å². The molecule has 5 heteroatoms. The summed E-state index contributed by atoms with van der Waals surface area (Å²) >= 11 is 0. The Labute approximate surface area is 116 Å². The quantitative estimate of drug-likeness (QED) is 0.925.